The lowest BCUT2D eigenvalue weighted by atomic mass is 10.1. The topological polar surface area (TPSA) is 71.2 Å². The summed E-state index contributed by atoms with van der Waals surface area (Å²) in [5.41, 5.74) is 2.66. The Bertz CT molecular complexity index is 754. The van der Waals surface area contributed by atoms with Gasteiger partial charge in [0.25, 0.3) is 0 Å². The van der Waals surface area contributed by atoms with E-state index in [2.05, 4.69) is 16.0 Å². The minimum Gasteiger partial charge on any atom is -0.461 e. The summed E-state index contributed by atoms with van der Waals surface area (Å²) in [6, 6.07) is 7.99. The van der Waals surface area contributed by atoms with Crippen LogP contribution in [0.15, 0.2) is 30.7 Å². The number of nitriles is 1. The van der Waals surface area contributed by atoms with Crippen molar-refractivity contribution in [3.63, 3.8) is 0 Å². The fraction of sp³-hybridized carbons (Fsp3) is 0.353. The normalized spacial score (nSPS) is 13.8. The molecule has 0 spiro atoms. The van der Waals surface area contributed by atoms with Gasteiger partial charge in [0.05, 0.1) is 17.9 Å². The van der Waals surface area contributed by atoms with Gasteiger partial charge < -0.3 is 14.2 Å². The molecule has 1 saturated heterocycles. The largest absolute Gasteiger partial charge is 0.461 e. The first kappa shape index (κ1) is 15.1. The van der Waals surface area contributed by atoms with Crippen molar-refractivity contribution < 1.29 is 9.53 Å². The second-order valence-corrected chi connectivity index (χ2v) is 5.39. The highest BCUT2D eigenvalue weighted by Gasteiger charge is 2.17. The van der Waals surface area contributed by atoms with Crippen LogP contribution in [0.4, 0.5) is 5.69 Å². The number of ether oxygens (including phenoxy) is 1. The van der Waals surface area contributed by atoms with Crippen LogP contribution < -0.4 is 4.90 Å². The molecule has 0 unspecified atom stereocenters. The Kier molecular flexibility index (Phi) is 4.29. The summed E-state index contributed by atoms with van der Waals surface area (Å²) >= 11 is 0. The average Bonchev–Trinajstić information content (AvgIpc) is 3.26. The molecule has 1 aliphatic heterocycles. The third-order valence-corrected chi connectivity index (χ3v) is 3.91. The second kappa shape index (κ2) is 6.53. The van der Waals surface area contributed by atoms with Crippen LogP contribution >= 0.6 is 0 Å². The number of hydrogen-bond donors (Lipinski definition) is 0. The highest BCUT2D eigenvalue weighted by atomic mass is 16.5. The quantitative estimate of drug-likeness (QED) is 0.811. The van der Waals surface area contributed by atoms with E-state index in [0.717, 1.165) is 37.3 Å². The van der Waals surface area contributed by atoms with Gasteiger partial charge in [-0.2, -0.15) is 5.26 Å². The molecule has 2 aromatic rings. The van der Waals surface area contributed by atoms with Crippen molar-refractivity contribution in [3.05, 3.63) is 42.0 Å². The molecular weight excluding hydrogens is 292 g/mol. The molecule has 1 aliphatic rings. The molecule has 6 nitrogen and oxygen atoms in total. The van der Waals surface area contributed by atoms with Crippen LogP contribution in [0.1, 0.15) is 35.8 Å². The van der Waals surface area contributed by atoms with E-state index in [1.165, 1.54) is 0 Å². The zero-order valence-electron chi connectivity index (χ0n) is 13.0. The monoisotopic (exact) mass is 310 g/mol. The SMILES string of the molecule is CCOC(=O)c1cn(-c2ccc(N3CCCC3)c(C#N)c2)cn1. The third-order valence-electron chi connectivity index (χ3n) is 3.91. The molecule has 118 valence electrons. The van der Waals surface area contributed by atoms with Gasteiger partial charge >= 0.3 is 5.97 Å². The molecule has 0 saturated carbocycles. The highest BCUT2D eigenvalue weighted by Crippen LogP contribution is 2.26. The number of carbonyl (C=O) groups is 1. The van der Waals surface area contributed by atoms with E-state index >= 15 is 0 Å². The lowest BCUT2D eigenvalue weighted by molar-refractivity contribution is 0.0520. The number of carbonyl (C=O) groups excluding carboxylic acids is 1. The molecule has 6 heteroatoms. The van der Waals surface area contributed by atoms with E-state index in [0.29, 0.717) is 12.2 Å². The Balaban J connectivity index is 1.89. The van der Waals surface area contributed by atoms with E-state index in [1.54, 1.807) is 24.0 Å². The molecular formula is C17H18N4O2. The summed E-state index contributed by atoms with van der Waals surface area (Å²) in [5.74, 6) is -0.444. The van der Waals surface area contributed by atoms with Crippen LogP contribution in [0.5, 0.6) is 0 Å². The van der Waals surface area contributed by atoms with Crippen molar-refractivity contribution in [2.45, 2.75) is 19.8 Å². The van der Waals surface area contributed by atoms with Crippen molar-refractivity contribution in [3.8, 4) is 11.8 Å². The highest BCUT2D eigenvalue weighted by molar-refractivity contribution is 5.87. The molecule has 23 heavy (non-hydrogen) atoms. The Labute approximate surface area is 134 Å². The van der Waals surface area contributed by atoms with Gasteiger partial charge in [-0.1, -0.05) is 0 Å². The molecule has 1 aromatic carbocycles. The predicted molar refractivity (Wildman–Crippen MR) is 85.7 cm³/mol. The number of hydrogen-bond acceptors (Lipinski definition) is 5. The van der Waals surface area contributed by atoms with Crippen LogP contribution in [0.25, 0.3) is 5.69 Å². The van der Waals surface area contributed by atoms with Crippen LogP contribution in [0, 0.1) is 11.3 Å². The number of rotatable bonds is 4. The molecule has 0 aliphatic carbocycles. The molecule has 1 aromatic heterocycles. The van der Waals surface area contributed by atoms with E-state index in [4.69, 9.17) is 4.74 Å². The number of benzene rings is 1. The second-order valence-electron chi connectivity index (χ2n) is 5.39. The van der Waals surface area contributed by atoms with Gasteiger partial charge in [-0.3, -0.25) is 0 Å². The molecule has 0 atom stereocenters. The fourth-order valence-electron chi connectivity index (χ4n) is 2.78. The first-order chi connectivity index (χ1) is 11.2. The molecule has 3 rings (SSSR count). The van der Waals surface area contributed by atoms with Gasteiger partial charge in [0.1, 0.15) is 12.4 Å². The first-order valence-corrected chi connectivity index (χ1v) is 7.73. The summed E-state index contributed by atoms with van der Waals surface area (Å²) in [7, 11) is 0. The zero-order valence-corrected chi connectivity index (χ0v) is 13.0. The van der Waals surface area contributed by atoms with Crippen molar-refractivity contribution in [1.29, 1.82) is 5.26 Å². The molecule has 0 bridgehead atoms. The standard InChI is InChI=1S/C17H18N4O2/c1-2-23-17(22)15-11-21(12-19-15)14-5-6-16(13(9-14)10-18)20-7-3-4-8-20/h5-6,9,11-12H,2-4,7-8H2,1H3. The minimum absolute atomic E-state index is 0.258. The van der Waals surface area contributed by atoms with Crippen LogP contribution in [-0.2, 0) is 4.74 Å². The Hall–Kier alpha value is -2.81. The number of nitrogens with zero attached hydrogens (tertiary/aromatic N) is 4. The summed E-state index contributed by atoms with van der Waals surface area (Å²) in [6.45, 7) is 4.05. The maximum atomic E-state index is 11.7. The van der Waals surface area contributed by atoms with E-state index in [9.17, 15) is 10.1 Å². The summed E-state index contributed by atoms with van der Waals surface area (Å²) < 4.78 is 6.66. The van der Waals surface area contributed by atoms with Gasteiger partial charge in [0, 0.05) is 25.0 Å². The fourth-order valence-corrected chi connectivity index (χ4v) is 2.78. The maximum Gasteiger partial charge on any atom is 0.358 e. The van der Waals surface area contributed by atoms with Crippen molar-refractivity contribution >= 4 is 11.7 Å². The average molecular weight is 310 g/mol. The van der Waals surface area contributed by atoms with Gasteiger partial charge in [0.2, 0.25) is 0 Å². The summed E-state index contributed by atoms with van der Waals surface area (Å²) in [5, 5.41) is 9.44. The first-order valence-electron chi connectivity index (χ1n) is 7.73. The van der Waals surface area contributed by atoms with Crippen molar-refractivity contribution in [2.75, 3.05) is 24.6 Å². The number of anilines is 1. The van der Waals surface area contributed by atoms with Gasteiger partial charge in [0.15, 0.2) is 5.69 Å². The Morgan fingerprint density at radius 1 is 1.39 bits per heavy atom. The molecule has 0 N–H and O–H groups in total. The van der Waals surface area contributed by atoms with E-state index < -0.39 is 5.97 Å². The van der Waals surface area contributed by atoms with Crippen LogP contribution in [0.2, 0.25) is 0 Å². The molecule has 0 amide bonds. The predicted octanol–water partition coefficient (Wildman–Crippen LogP) is 2.52. The van der Waals surface area contributed by atoms with E-state index in [1.807, 2.05) is 18.2 Å². The number of imidazole rings is 1. The molecule has 2 heterocycles. The van der Waals surface area contributed by atoms with Crippen molar-refractivity contribution in [1.82, 2.24) is 9.55 Å². The van der Waals surface area contributed by atoms with E-state index in [-0.39, 0.29) is 5.69 Å². The number of aromatic nitrogens is 2. The minimum atomic E-state index is -0.444. The van der Waals surface area contributed by atoms with Gasteiger partial charge in [-0.15, -0.1) is 0 Å². The van der Waals surface area contributed by atoms with Crippen molar-refractivity contribution in [2.24, 2.45) is 0 Å². The lowest BCUT2D eigenvalue weighted by Gasteiger charge is -2.19. The maximum absolute atomic E-state index is 11.7. The number of esters is 1. The summed E-state index contributed by atoms with van der Waals surface area (Å²) in [6.07, 6.45) is 5.50. The zero-order chi connectivity index (χ0) is 16.2. The van der Waals surface area contributed by atoms with Gasteiger partial charge in [-0.25, -0.2) is 9.78 Å². The Morgan fingerprint density at radius 3 is 2.87 bits per heavy atom. The van der Waals surface area contributed by atoms with Gasteiger partial charge in [-0.05, 0) is 38.0 Å². The van der Waals surface area contributed by atoms with Crippen LogP contribution in [0.3, 0.4) is 0 Å². The summed E-state index contributed by atoms with van der Waals surface area (Å²) in [4.78, 5) is 18.0. The lowest BCUT2D eigenvalue weighted by Crippen LogP contribution is -2.18. The molecule has 0 radical (unpaired) electrons. The third kappa shape index (κ3) is 3.04. The van der Waals surface area contributed by atoms with Crippen LogP contribution in [-0.4, -0.2) is 35.2 Å². The Morgan fingerprint density at radius 2 is 2.17 bits per heavy atom. The molecule has 1 fully saturated rings. The smallest absolute Gasteiger partial charge is 0.358 e.